The Morgan fingerprint density at radius 3 is 2.83 bits per heavy atom. The zero-order chi connectivity index (χ0) is 13.1. The van der Waals surface area contributed by atoms with Gasteiger partial charge in [0.1, 0.15) is 5.82 Å². The third kappa shape index (κ3) is 2.27. The molecule has 0 radical (unpaired) electrons. The number of halogens is 1. The molecule has 0 fully saturated rings. The Kier molecular flexibility index (Phi) is 3.18. The number of nitrogens with two attached hydrogens (primary N) is 1. The van der Waals surface area contributed by atoms with Gasteiger partial charge in [-0.05, 0) is 24.6 Å². The fraction of sp³-hybridized carbons (Fsp3) is 0.0833. The van der Waals surface area contributed by atoms with Crippen LogP contribution in [0.2, 0.25) is 0 Å². The first-order valence-electron chi connectivity index (χ1n) is 5.22. The van der Waals surface area contributed by atoms with Gasteiger partial charge in [-0.15, -0.1) is 0 Å². The van der Waals surface area contributed by atoms with E-state index in [0.29, 0.717) is 5.82 Å². The molecule has 2 heterocycles. The average molecular weight is 246 g/mol. The molecule has 92 valence electrons. The molecule has 5 nitrogen and oxygen atoms in total. The second kappa shape index (κ2) is 4.79. The van der Waals surface area contributed by atoms with Crippen LogP contribution in [0.5, 0.6) is 0 Å². The molecule has 0 aliphatic rings. The Morgan fingerprint density at radius 1 is 1.33 bits per heavy atom. The smallest absolute Gasteiger partial charge is 0.259 e. The lowest BCUT2D eigenvalue weighted by Gasteiger charge is -2.07. The largest absolute Gasteiger partial charge is 0.381 e. The van der Waals surface area contributed by atoms with E-state index < -0.39 is 11.7 Å². The summed E-state index contributed by atoms with van der Waals surface area (Å²) < 4.78 is 13.6. The number of carbonyl (C=O) groups is 1. The van der Waals surface area contributed by atoms with Gasteiger partial charge >= 0.3 is 0 Å². The van der Waals surface area contributed by atoms with Gasteiger partial charge in [0, 0.05) is 12.4 Å². The summed E-state index contributed by atoms with van der Waals surface area (Å²) in [6, 6.07) is 4.80. The Morgan fingerprint density at radius 2 is 2.11 bits per heavy atom. The van der Waals surface area contributed by atoms with Gasteiger partial charge < -0.3 is 11.1 Å². The number of nitrogens with one attached hydrogen (secondary N) is 1. The number of aryl methyl sites for hydroxylation is 1. The fourth-order valence-corrected chi connectivity index (χ4v) is 1.43. The highest BCUT2D eigenvalue weighted by atomic mass is 19.1. The number of aromatic nitrogens is 2. The molecule has 0 bridgehead atoms. The fourth-order valence-electron chi connectivity index (χ4n) is 1.43. The van der Waals surface area contributed by atoms with Crippen LogP contribution >= 0.6 is 0 Å². The molecule has 0 atom stereocenters. The van der Waals surface area contributed by atoms with Gasteiger partial charge in [-0.3, -0.25) is 4.79 Å². The third-order valence-corrected chi connectivity index (χ3v) is 2.40. The molecule has 0 aliphatic carbocycles. The van der Waals surface area contributed by atoms with Crippen molar-refractivity contribution in [1.82, 2.24) is 9.97 Å². The summed E-state index contributed by atoms with van der Waals surface area (Å²) in [6.07, 6.45) is 2.82. The van der Waals surface area contributed by atoms with Gasteiger partial charge in [0.15, 0.2) is 11.6 Å². The zero-order valence-corrected chi connectivity index (χ0v) is 9.64. The van der Waals surface area contributed by atoms with E-state index in [1.54, 1.807) is 25.3 Å². The lowest BCUT2D eigenvalue weighted by atomic mass is 10.2. The third-order valence-electron chi connectivity index (χ3n) is 2.40. The lowest BCUT2D eigenvalue weighted by Crippen LogP contribution is -2.16. The predicted molar refractivity (Wildman–Crippen MR) is 65.5 cm³/mol. The van der Waals surface area contributed by atoms with Crippen molar-refractivity contribution in [3.8, 4) is 0 Å². The standard InChI is InChI=1S/C12H11FN4O/c1-7-3-2-5-16-11(7)17-12(18)8-4-6-15-10(14)9(8)13/h2-6H,1H3,(H2,14,15)(H,16,17,18). The van der Waals surface area contributed by atoms with E-state index in [-0.39, 0.29) is 11.4 Å². The van der Waals surface area contributed by atoms with Crippen LogP contribution in [0.4, 0.5) is 16.0 Å². The van der Waals surface area contributed by atoms with E-state index in [9.17, 15) is 9.18 Å². The van der Waals surface area contributed by atoms with E-state index in [4.69, 9.17) is 5.73 Å². The minimum Gasteiger partial charge on any atom is -0.381 e. The van der Waals surface area contributed by atoms with Crippen LogP contribution in [0.25, 0.3) is 0 Å². The summed E-state index contributed by atoms with van der Waals surface area (Å²) in [5.74, 6) is -1.36. The minimum atomic E-state index is -0.830. The van der Waals surface area contributed by atoms with Gasteiger partial charge in [-0.2, -0.15) is 0 Å². The molecule has 18 heavy (non-hydrogen) atoms. The number of hydrogen-bond donors (Lipinski definition) is 2. The zero-order valence-electron chi connectivity index (χ0n) is 9.64. The minimum absolute atomic E-state index is 0.160. The second-order valence-electron chi connectivity index (χ2n) is 3.68. The van der Waals surface area contributed by atoms with Crippen molar-refractivity contribution in [2.75, 3.05) is 11.1 Å². The summed E-state index contributed by atoms with van der Waals surface area (Å²) in [5.41, 5.74) is 5.93. The van der Waals surface area contributed by atoms with E-state index in [2.05, 4.69) is 15.3 Å². The number of nitrogens with zero attached hydrogens (tertiary/aromatic N) is 2. The van der Waals surface area contributed by atoms with Crippen molar-refractivity contribution in [3.05, 3.63) is 47.5 Å². The first kappa shape index (κ1) is 12.0. The van der Waals surface area contributed by atoms with E-state index in [0.717, 1.165) is 5.56 Å². The van der Waals surface area contributed by atoms with E-state index in [1.807, 2.05) is 0 Å². The summed E-state index contributed by atoms with van der Waals surface area (Å²) in [6.45, 7) is 1.79. The van der Waals surface area contributed by atoms with Gasteiger partial charge in [-0.25, -0.2) is 14.4 Å². The maximum Gasteiger partial charge on any atom is 0.259 e. The van der Waals surface area contributed by atoms with Crippen molar-refractivity contribution in [1.29, 1.82) is 0 Å². The van der Waals surface area contributed by atoms with Gasteiger partial charge in [0.2, 0.25) is 0 Å². The summed E-state index contributed by atoms with van der Waals surface area (Å²) in [4.78, 5) is 19.4. The van der Waals surface area contributed by atoms with Crippen molar-refractivity contribution >= 4 is 17.5 Å². The van der Waals surface area contributed by atoms with Crippen molar-refractivity contribution in [2.45, 2.75) is 6.92 Å². The normalized spacial score (nSPS) is 10.1. The Hall–Kier alpha value is -2.50. The quantitative estimate of drug-likeness (QED) is 0.846. The molecule has 0 saturated carbocycles. The van der Waals surface area contributed by atoms with Gasteiger partial charge in [-0.1, -0.05) is 6.07 Å². The van der Waals surface area contributed by atoms with Crippen LogP contribution in [0.15, 0.2) is 30.6 Å². The van der Waals surface area contributed by atoms with Crippen molar-refractivity contribution in [2.24, 2.45) is 0 Å². The highest BCUT2D eigenvalue weighted by Crippen LogP contribution is 2.15. The summed E-state index contributed by atoms with van der Waals surface area (Å²) in [5, 5.41) is 2.52. The summed E-state index contributed by atoms with van der Waals surface area (Å²) in [7, 11) is 0. The van der Waals surface area contributed by atoms with Crippen molar-refractivity contribution < 1.29 is 9.18 Å². The highest BCUT2D eigenvalue weighted by molar-refractivity contribution is 6.04. The number of carbonyl (C=O) groups excluding carboxylic acids is 1. The van der Waals surface area contributed by atoms with Crippen LogP contribution < -0.4 is 11.1 Å². The molecule has 0 aliphatic heterocycles. The molecule has 3 N–H and O–H groups in total. The SMILES string of the molecule is Cc1cccnc1NC(=O)c1ccnc(N)c1F. The average Bonchev–Trinajstić information content (AvgIpc) is 2.35. The molecule has 2 aromatic heterocycles. The number of nitrogen functional groups attached to an aromatic ring is 1. The maximum atomic E-state index is 13.6. The topological polar surface area (TPSA) is 80.9 Å². The van der Waals surface area contributed by atoms with E-state index in [1.165, 1.54) is 12.3 Å². The molecule has 2 aromatic rings. The molecular formula is C12H11FN4O. The Labute approximate surface area is 103 Å². The van der Waals surface area contributed by atoms with Crippen LogP contribution in [0, 0.1) is 12.7 Å². The summed E-state index contributed by atoms with van der Waals surface area (Å²) >= 11 is 0. The van der Waals surface area contributed by atoms with Gasteiger partial charge in [0.25, 0.3) is 5.91 Å². The number of pyridine rings is 2. The molecule has 0 saturated heterocycles. The van der Waals surface area contributed by atoms with Crippen molar-refractivity contribution in [3.63, 3.8) is 0 Å². The van der Waals surface area contributed by atoms with Crippen LogP contribution in [-0.2, 0) is 0 Å². The maximum absolute atomic E-state index is 13.6. The molecule has 0 unspecified atom stereocenters. The molecule has 0 aromatic carbocycles. The predicted octanol–water partition coefficient (Wildman–Crippen LogP) is 1.76. The first-order valence-corrected chi connectivity index (χ1v) is 5.22. The number of amides is 1. The second-order valence-corrected chi connectivity index (χ2v) is 3.68. The number of hydrogen-bond acceptors (Lipinski definition) is 4. The number of anilines is 2. The molecular weight excluding hydrogens is 235 g/mol. The van der Waals surface area contributed by atoms with Crippen LogP contribution in [-0.4, -0.2) is 15.9 Å². The first-order chi connectivity index (χ1) is 8.59. The molecule has 2 rings (SSSR count). The Bertz CT molecular complexity index is 600. The molecule has 0 spiro atoms. The highest BCUT2D eigenvalue weighted by Gasteiger charge is 2.15. The van der Waals surface area contributed by atoms with Crippen LogP contribution in [0.3, 0.4) is 0 Å². The van der Waals surface area contributed by atoms with Crippen LogP contribution in [0.1, 0.15) is 15.9 Å². The monoisotopic (exact) mass is 246 g/mol. The lowest BCUT2D eigenvalue weighted by molar-refractivity contribution is 0.102. The van der Waals surface area contributed by atoms with Gasteiger partial charge in [0.05, 0.1) is 5.56 Å². The molecule has 6 heteroatoms. The Balaban J connectivity index is 2.28. The van der Waals surface area contributed by atoms with E-state index >= 15 is 0 Å². The molecule has 1 amide bonds. The number of rotatable bonds is 2.